The Morgan fingerprint density at radius 3 is 2.44 bits per heavy atom. The molecule has 1 amide bonds. The summed E-state index contributed by atoms with van der Waals surface area (Å²) in [7, 11) is 0. The first kappa shape index (κ1) is 19.3. The molecule has 0 atom stereocenters. The van der Waals surface area contributed by atoms with Crippen LogP contribution in [0.25, 0.3) is 11.0 Å². The van der Waals surface area contributed by atoms with Crippen LogP contribution in [0.4, 0.5) is 28.8 Å². The third kappa shape index (κ3) is 3.87. The van der Waals surface area contributed by atoms with Crippen LogP contribution in [0.15, 0.2) is 102 Å². The second-order valence-corrected chi connectivity index (χ2v) is 7.15. The van der Waals surface area contributed by atoms with Crippen molar-refractivity contribution >= 4 is 45.6 Å². The maximum absolute atomic E-state index is 12.5. The smallest absolute Gasteiger partial charge is 0.255 e. The molecule has 7 nitrogen and oxygen atoms in total. The molecular weight excluding hydrogens is 402 g/mol. The summed E-state index contributed by atoms with van der Waals surface area (Å²) in [5.74, 6) is 1.09. The zero-order valence-electron chi connectivity index (χ0n) is 17.0. The fourth-order valence-corrected chi connectivity index (χ4v) is 3.40. The van der Waals surface area contributed by atoms with Gasteiger partial charge in [-0.25, -0.2) is 9.97 Å². The van der Waals surface area contributed by atoms with Gasteiger partial charge >= 0.3 is 0 Å². The number of aromatic nitrogens is 2. The molecule has 156 valence electrons. The van der Waals surface area contributed by atoms with E-state index in [-0.39, 0.29) is 5.91 Å². The Labute approximate surface area is 184 Å². The number of fused-ring (bicyclic) bond motifs is 1. The van der Waals surface area contributed by atoms with Gasteiger partial charge in [0.05, 0.1) is 5.69 Å². The van der Waals surface area contributed by atoms with Crippen molar-refractivity contribution in [3.63, 3.8) is 0 Å². The Kier molecular flexibility index (Phi) is 4.97. The number of carbonyl (C=O) groups excluding carboxylic acids is 1. The fraction of sp³-hybridized carbons (Fsp3) is 0. The topological polar surface area (TPSA) is 97.3 Å². The molecule has 3 aromatic carbocycles. The first-order valence-corrected chi connectivity index (χ1v) is 9.99. The van der Waals surface area contributed by atoms with E-state index >= 15 is 0 Å². The van der Waals surface area contributed by atoms with Gasteiger partial charge in [0.15, 0.2) is 0 Å². The summed E-state index contributed by atoms with van der Waals surface area (Å²) in [4.78, 5) is 22.8. The summed E-state index contributed by atoms with van der Waals surface area (Å²) < 4.78 is 6.09. The van der Waals surface area contributed by atoms with Crippen LogP contribution in [-0.2, 0) is 0 Å². The number of nitrogen functional groups attached to an aromatic ring is 1. The highest BCUT2D eigenvalue weighted by Gasteiger charge is 2.18. The Morgan fingerprint density at radius 2 is 1.72 bits per heavy atom. The van der Waals surface area contributed by atoms with Crippen LogP contribution in [0.2, 0.25) is 0 Å². The van der Waals surface area contributed by atoms with E-state index in [0.717, 1.165) is 16.7 Å². The Balaban J connectivity index is 1.45. The summed E-state index contributed by atoms with van der Waals surface area (Å²) in [6.07, 6.45) is 3.17. The molecule has 32 heavy (non-hydrogen) atoms. The van der Waals surface area contributed by atoms with Crippen LogP contribution >= 0.6 is 0 Å². The van der Waals surface area contributed by atoms with E-state index in [4.69, 9.17) is 10.2 Å². The SMILES string of the molecule is Nc1ccc(C(=O)Nc2ccc(N(c3ccncn3)c3cc4ccccc4o3)cc2)cc1. The Morgan fingerprint density at radius 1 is 0.938 bits per heavy atom. The maximum atomic E-state index is 12.5. The number of furan rings is 1. The molecule has 3 N–H and O–H groups in total. The molecule has 0 fully saturated rings. The molecule has 7 heteroatoms. The molecule has 0 aliphatic heterocycles. The van der Waals surface area contributed by atoms with Gasteiger partial charge in [0, 0.05) is 34.6 Å². The number of hydrogen-bond donors (Lipinski definition) is 2. The van der Waals surface area contributed by atoms with Gasteiger partial charge in [0.25, 0.3) is 5.91 Å². The highest BCUT2D eigenvalue weighted by Crippen LogP contribution is 2.36. The van der Waals surface area contributed by atoms with Crippen molar-refractivity contribution in [1.29, 1.82) is 0 Å². The summed E-state index contributed by atoms with van der Waals surface area (Å²) in [6.45, 7) is 0. The number of nitrogens with one attached hydrogen (secondary N) is 1. The number of nitrogens with zero attached hydrogens (tertiary/aromatic N) is 3. The fourth-order valence-electron chi connectivity index (χ4n) is 3.40. The zero-order valence-corrected chi connectivity index (χ0v) is 17.0. The molecule has 2 heterocycles. The third-order valence-electron chi connectivity index (χ3n) is 4.98. The molecule has 0 aliphatic carbocycles. The first-order valence-electron chi connectivity index (χ1n) is 9.99. The highest BCUT2D eigenvalue weighted by molar-refractivity contribution is 6.04. The van der Waals surface area contributed by atoms with Crippen LogP contribution in [-0.4, -0.2) is 15.9 Å². The van der Waals surface area contributed by atoms with Gasteiger partial charge in [-0.05, 0) is 60.7 Å². The second-order valence-electron chi connectivity index (χ2n) is 7.15. The molecule has 0 aliphatic rings. The van der Waals surface area contributed by atoms with Gasteiger partial charge in [-0.2, -0.15) is 0 Å². The normalized spacial score (nSPS) is 10.8. The minimum Gasteiger partial charge on any atom is -0.440 e. The number of anilines is 5. The molecule has 0 spiro atoms. The van der Waals surface area contributed by atoms with E-state index < -0.39 is 0 Å². The summed E-state index contributed by atoms with van der Waals surface area (Å²) in [6, 6.07) is 25.8. The van der Waals surface area contributed by atoms with Crippen LogP contribution in [0, 0.1) is 0 Å². The van der Waals surface area contributed by atoms with E-state index in [2.05, 4.69) is 15.3 Å². The number of benzene rings is 3. The lowest BCUT2D eigenvalue weighted by atomic mass is 10.2. The van der Waals surface area contributed by atoms with Crippen molar-refractivity contribution in [3.05, 3.63) is 103 Å². The van der Waals surface area contributed by atoms with Crippen molar-refractivity contribution in [3.8, 4) is 0 Å². The van der Waals surface area contributed by atoms with E-state index in [0.29, 0.717) is 28.6 Å². The predicted molar refractivity (Wildman–Crippen MR) is 125 cm³/mol. The van der Waals surface area contributed by atoms with Crippen molar-refractivity contribution in [1.82, 2.24) is 9.97 Å². The number of nitrogens with two attached hydrogens (primary N) is 1. The van der Waals surface area contributed by atoms with E-state index in [1.165, 1.54) is 6.33 Å². The summed E-state index contributed by atoms with van der Waals surface area (Å²) in [5, 5.41) is 3.89. The molecule has 5 aromatic rings. The lowest BCUT2D eigenvalue weighted by molar-refractivity contribution is 0.102. The predicted octanol–water partition coefficient (Wildman–Crippen LogP) is 5.53. The van der Waals surface area contributed by atoms with Crippen molar-refractivity contribution in [2.75, 3.05) is 16.0 Å². The first-order chi connectivity index (χ1) is 15.7. The van der Waals surface area contributed by atoms with Crippen LogP contribution in [0.3, 0.4) is 0 Å². The van der Waals surface area contributed by atoms with Crippen molar-refractivity contribution in [2.45, 2.75) is 0 Å². The monoisotopic (exact) mass is 421 g/mol. The average molecular weight is 421 g/mol. The highest BCUT2D eigenvalue weighted by atomic mass is 16.4. The third-order valence-corrected chi connectivity index (χ3v) is 4.98. The van der Waals surface area contributed by atoms with Gasteiger partial charge in [0.1, 0.15) is 17.7 Å². The minimum absolute atomic E-state index is 0.206. The standard InChI is InChI=1S/C25H19N5O2/c26-19-7-5-17(6-8-19)25(31)29-20-9-11-21(12-10-20)30(23-13-14-27-16-28-23)24-15-18-3-1-2-4-22(18)32-24/h1-16H,26H2,(H,29,31). The number of para-hydroxylation sites is 1. The molecule has 0 saturated heterocycles. The molecule has 2 aromatic heterocycles. The zero-order chi connectivity index (χ0) is 21.9. The quantitative estimate of drug-likeness (QED) is 0.362. The Bertz CT molecular complexity index is 1330. The maximum Gasteiger partial charge on any atom is 0.255 e. The van der Waals surface area contributed by atoms with Gasteiger partial charge in [-0.1, -0.05) is 18.2 Å². The lowest BCUT2D eigenvalue weighted by Gasteiger charge is -2.21. The van der Waals surface area contributed by atoms with Crippen LogP contribution in [0.5, 0.6) is 0 Å². The number of rotatable bonds is 5. The average Bonchev–Trinajstić information content (AvgIpc) is 3.25. The second kappa shape index (κ2) is 8.23. The van der Waals surface area contributed by atoms with Gasteiger partial charge in [0.2, 0.25) is 5.88 Å². The van der Waals surface area contributed by atoms with E-state index in [1.807, 2.05) is 65.6 Å². The van der Waals surface area contributed by atoms with E-state index in [1.54, 1.807) is 30.5 Å². The minimum atomic E-state index is -0.206. The van der Waals surface area contributed by atoms with Gasteiger partial charge in [-0.15, -0.1) is 0 Å². The molecule has 0 bridgehead atoms. The van der Waals surface area contributed by atoms with E-state index in [9.17, 15) is 4.79 Å². The Hall–Kier alpha value is -4.65. The van der Waals surface area contributed by atoms with Gasteiger partial charge in [-0.3, -0.25) is 9.69 Å². The van der Waals surface area contributed by atoms with Crippen molar-refractivity contribution in [2.24, 2.45) is 0 Å². The number of hydrogen-bond acceptors (Lipinski definition) is 6. The van der Waals surface area contributed by atoms with Gasteiger partial charge < -0.3 is 15.5 Å². The molecule has 0 saturated carbocycles. The molecule has 0 radical (unpaired) electrons. The molecular formula is C25H19N5O2. The number of amides is 1. The lowest BCUT2D eigenvalue weighted by Crippen LogP contribution is -2.13. The van der Waals surface area contributed by atoms with Crippen LogP contribution in [0.1, 0.15) is 10.4 Å². The summed E-state index contributed by atoms with van der Waals surface area (Å²) in [5.41, 5.74) is 9.12. The molecule has 0 unspecified atom stereocenters. The largest absolute Gasteiger partial charge is 0.440 e. The number of carbonyl (C=O) groups is 1. The van der Waals surface area contributed by atoms with Crippen LogP contribution < -0.4 is 16.0 Å². The molecule has 5 rings (SSSR count). The van der Waals surface area contributed by atoms with Crippen molar-refractivity contribution < 1.29 is 9.21 Å². The summed E-state index contributed by atoms with van der Waals surface area (Å²) >= 11 is 0.